The number of nitrogens with zero attached hydrogens (tertiary/aromatic N) is 2. The summed E-state index contributed by atoms with van der Waals surface area (Å²) in [5, 5.41) is 5.72. The van der Waals surface area contributed by atoms with Crippen LogP contribution in [0.5, 0.6) is 0 Å². The fourth-order valence-corrected chi connectivity index (χ4v) is 1.65. The number of nitrogens with one attached hydrogen (secondary N) is 2. The molecule has 1 amide bonds. The maximum Gasteiger partial charge on any atom is 0.258 e. The summed E-state index contributed by atoms with van der Waals surface area (Å²) in [5.41, 5.74) is 0.868. The molecule has 0 aliphatic rings. The van der Waals surface area contributed by atoms with Gasteiger partial charge in [0, 0.05) is 24.6 Å². The standard InChI is InChI=1S/C15H17FN4O/c1-2-3-8-17-15-18-9-11(10-19-15)14(21)20-13-6-4-12(16)5-7-13/h4-7,9-10H,2-3,8H2,1H3,(H,20,21)(H,17,18,19). The van der Waals surface area contributed by atoms with Crippen LogP contribution in [0.3, 0.4) is 0 Å². The molecular formula is C15H17FN4O. The van der Waals surface area contributed by atoms with Crippen LogP contribution in [0.2, 0.25) is 0 Å². The number of anilines is 2. The van der Waals surface area contributed by atoms with Crippen molar-refractivity contribution in [1.29, 1.82) is 0 Å². The summed E-state index contributed by atoms with van der Waals surface area (Å²) in [7, 11) is 0. The number of rotatable bonds is 6. The zero-order chi connectivity index (χ0) is 15.1. The number of benzene rings is 1. The van der Waals surface area contributed by atoms with E-state index in [1.807, 2.05) is 0 Å². The van der Waals surface area contributed by atoms with E-state index in [4.69, 9.17) is 0 Å². The minimum atomic E-state index is -0.348. The van der Waals surface area contributed by atoms with Gasteiger partial charge in [-0.1, -0.05) is 13.3 Å². The molecule has 1 aromatic carbocycles. The van der Waals surface area contributed by atoms with E-state index in [0.717, 1.165) is 19.4 Å². The first-order valence-electron chi connectivity index (χ1n) is 6.82. The molecule has 2 rings (SSSR count). The summed E-state index contributed by atoms with van der Waals surface area (Å²) in [5.74, 6) is -0.178. The summed E-state index contributed by atoms with van der Waals surface area (Å²) in [6.07, 6.45) is 5.04. The number of aromatic nitrogens is 2. The van der Waals surface area contributed by atoms with Gasteiger partial charge < -0.3 is 10.6 Å². The lowest BCUT2D eigenvalue weighted by Gasteiger charge is -2.06. The molecule has 6 heteroatoms. The van der Waals surface area contributed by atoms with Gasteiger partial charge in [0.15, 0.2) is 0 Å². The van der Waals surface area contributed by atoms with Gasteiger partial charge >= 0.3 is 0 Å². The highest BCUT2D eigenvalue weighted by Gasteiger charge is 2.07. The fraction of sp³-hybridized carbons (Fsp3) is 0.267. The normalized spacial score (nSPS) is 10.2. The number of halogens is 1. The van der Waals surface area contributed by atoms with E-state index in [9.17, 15) is 9.18 Å². The summed E-state index contributed by atoms with van der Waals surface area (Å²) >= 11 is 0. The Morgan fingerprint density at radius 3 is 2.48 bits per heavy atom. The Morgan fingerprint density at radius 2 is 1.86 bits per heavy atom. The average Bonchev–Trinajstić information content (AvgIpc) is 2.50. The van der Waals surface area contributed by atoms with E-state index in [0.29, 0.717) is 17.2 Å². The Bertz CT molecular complexity index is 584. The van der Waals surface area contributed by atoms with Gasteiger partial charge in [-0.05, 0) is 30.7 Å². The van der Waals surface area contributed by atoms with Crippen LogP contribution in [0.25, 0.3) is 0 Å². The smallest absolute Gasteiger partial charge is 0.258 e. The summed E-state index contributed by atoms with van der Waals surface area (Å²) in [6.45, 7) is 2.91. The van der Waals surface area contributed by atoms with Crippen LogP contribution in [-0.4, -0.2) is 22.4 Å². The SMILES string of the molecule is CCCCNc1ncc(C(=O)Nc2ccc(F)cc2)cn1. The van der Waals surface area contributed by atoms with Crippen LogP contribution in [0, 0.1) is 5.82 Å². The summed E-state index contributed by atoms with van der Waals surface area (Å²) in [4.78, 5) is 20.1. The van der Waals surface area contributed by atoms with Gasteiger partial charge in [-0.3, -0.25) is 4.79 Å². The van der Waals surface area contributed by atoms with Crippen molar-refractivity contribution in [3.8, 4) is 0 Å². The van der Waals surface area contributed by atoms with Crippen molar-refractivity contribution in [3.05, 3.63) is 48.0 Å². The molecule has 5 nitrogen and oxygen atoms in total. The van der Waals surface area contributed by atoms with E-state index in [2.05, 4.69) is 27.5 Å². The van der Waals surface area contributed by atoms with Gasteiger partial charge in [0.25, 0.3) is 5.91 Å². The molecule has 110 valence electrons. The fourth-order valence-electron chi connectivity index (χ4n) is 1.65. The molecule has 0 aliphatic heterocycles. The van der Waals surface area contributed by atoms with E-state index in [1.165, 1.54) is 36.7 Å². The lowest BCUT2D eigenvalue weighted by atomic mass is 10.2. The number of unbranched alkanes of at least 4 members (excludes halogenated alkanes) is 1. The van der Waals surface area contributed by atoms with Crippen molar-refractivity contribution >= 4 is 17.5 Å². The van der Waals surface area contributed by atoms with Crippen LogP contribution >= 0.6 is 0 Å². The number of amides is 1. The van der Waals surface area contributed by atoms with Gasteiger partial charge in [-0.2, -0.15) is 0 Å². The molecule has 0 saturated heterocycles. The predicted octanol–water partition coefficient (Wildman–Crippen LogP) is 3.08. The van der Waals surface area contributed by atoms with Gasteiger partial charge in [0.1, 0.15) is 5.82 Å². The first-order valence-corrected chi connectivity index (χ1v) is 6.82. The van der Waals surface area contributed by atoms with Crippen LogP contribution in [-0.2, 0) is 0 Å². The van der Waals surface area contributed by atoms with Gasteiger partial charge in [-0.15, -0.1) is 0 Å². The Kier molecular flexibility index (Phi) is 5.20. The second-order valence-electron chi connectivity index (χ2n) is 4.54. The third-order valence-electron chi connectivity index (χ3n) is 2.83. The Morgan fingerprint density at radius 1 is 1.19 bits per heavy atom. The first-order chi connectivity index (χ1) is 10.2. The number of hydrogen-bond donors (Lipinski definition) is 2. The zero-order valence-corrected chi connectivity index (χ0v) is 11.8. The maximum absolute atomic E-state index is 12.8. The predicted molar refractivity (Wildman–Crippen MR) is 79.8 cm³/mol. The Balaban J connectivity index is 1.94. The van der Waals surface area contributed by atoms with Crippen molar-refractivity contribution in [3.63, 3.8) is 0 Å². The number of carbonyl (C=O) groups excluding carboxylic acids is 1. The minimum Gasteiger partial charge on any atom is -0.354 e. The van der Waals surface area contributed by atoms with E-state index in [-0.39, 0.29) is 11.7 Å². The molecule has 0 aliphatic carbocycles. The number of hydrogen-bond acceptors (Lipinski definition) is 4. The Labute approximate surface area is 122 Å². The molecule has 0 atom stereocenters. The monoisotopic (exact) mass is 288 g/mol. The highest BCUT2D eigenvalue weighted by molar-refractivity contribution is 6.03. The molecule has 0 fully saturated rings. The van der Waals surface area contributed by atoms with Crippen LogP contribution in [0.15, 0.2) is 36.7 Å². The largest absolute Gasteiger partial charge is 0.354 e. The van der Waals surface area contributed by atoms with Crippen molar-refractivity contribution in [2.24, 2.45) is 0 Å². The molecule has 0 spiro atoms. The quantitative estimate of drug-likeness (QED) is 0.802. The van der Waals surface area contributed by atoms with Crippen molar-refractivity contribution < 1.29 is 9.18 Å². The molecule has 1 aromatic heterocycles. The molecule has 21 heavy (non-hydrogen) atoms. The molecule has 2 N–H and O–H groups in total. The molecule has 0 radical (unpaired) electrons. The van der Waals surface area contributed by atoms with E-state index >= 15 is 0 Å². The zero-order valence-electron chi connectivity index (χ0n) is 11.8. The third kappa shape index (κ3) is 4.52. The van der Waals surface area contributed by atoms with E-state index < -0.39 is 0 Å². The van der Waals surface area contributed by atoms with Crippen LogP contribution in [0.1, 0.15) is 30.1 Å². The Hall–Kier alpha value is -2.50. The minimum absolute atomic E-state index is 0.332. The first kappa shape index (κ1) is 14.9. The highest BCUT2D eigenvalue weighted by Crippen LogP contribution is 2.10. The highest BCUT2D eigenvalue weighted by atomic mass is 19.1. The second-order valence-corrected chi connectivity index (χ2v) is 4.54. The molecular weight excluding hydrogens is 271 g/mol. The molecule has 0 bridgehead atoms. The third-order valence-corrected chi connectivity index (χ3v) is 2.83. The van der Waals surface area contributed by atoms with Gasteiger partial charge in [0.05, 0.1) is 5.56 Å². The lowest BCUT2D eigenvalue weighted by Crippen LogP contribution is -2.13. The second kappa shape index (κ2) is 7.33. The van der Waals surface area contributed by atoms with Crippen molar-refractivity contribution in [2.75, 3.05) is 17.2 Å². The summed E-state index contributed by atoms with van der Waals surface area (Å²) < 4.78 is 12.8. The molecule has 1 heterocycles. The average molecular weight is 288 g/mol. The van der Waals surface area contributed by atoms with Crippen LogP contribution in [0.4, 0.5) is 16.0 Å². The van der Waals surface area contributed by atoms with Crippen molar-refractivity contribution in [1.82, 2.24) is 9.97 Å². The molecule has 0 saturated carbocycles. The lowest BCUT2D eigenvalue weighted by molar-refractivity contribution is 0.102. The molecule has 2 aromatic rings. The number of carbonyl (C=O) groups is 1. The summed E-state index contributed by atoms with van der Waals surface area (Å²) in [6, 6.07) is 5.56. The topological polar surface area (TPSA) is 66.9 Å². The molecule has 0 unspecified atom stereocenters. The van der Waals surface area contributed by atoms with Gasteiger partial charge in [0.2, 0.25) is 5.95 Å². The van der Waals surface area contributed by atoms with E-state index in [1.54, 1.807) is 0 Å². The van der Waals surface area contributed by atoms with Gasteiger partial charge in [-0.25, -0.2) is 14.4 Å². The van der Waals surface area contributed by atoms with Crippen molar-refractivity contribution in [2.45, 2.75) is 19.8 Å². The van der Waals surface area contributed by atoms with Crippen LogP contribution < -0.4 is 10.6 Å². The maximum atomic E-state index is 12.8.